The molecule has 0 atom stereocenters. The van der Waals surface area contributed by atoms with Crippen LogP contribution < -0.4 is 24.7 Å². The third-order valence-electron chi connectivity index (χ3n) is 5.08. The molecule has 2 N–H and O–H groups in total. The van der Waals surface area contributed by atoms with Crippen LogP contribution in [0.5, 0.6) is 28.7 Å². The van der Waals surface area contributed by atoms with Crippen molar-refractivity contribution in [1.82, 2.24) is 9.97 Å². The van der Waals surface area contributed by atoms with Crippen LogP contribution in [0, 0.1) is 11.6 Å². The molecule has 0 aliphatic rings. The van der Waals surface area contributed by atoms with Gasteiger partial charge >= 0.3 is 6.36 Å². The van der Waals surface area contributed by atoms with E-state index < -0.39 is 35.4 Å². The Morgan fingerprint density at radius 1 is 0.865 bits per heavy atom. The van der Waals surface area contributed by atoms with E-state index in [1.807, 2.05) is 0 Å². The summed E-state index contributed by atoms with van der Waals surface area (Å²) in [6.45, 7) is 0. The number of fused-ring (bicyclic) bond motifs is 1. The molecule has 0 bridgehead atoms. The molecule has 2 aromatic carbocycles. The van der Waals surface area contributed by atoms with Gasteiger partial charge in [-0.15, -0.1) is 13.2 Å². The number of carbonyl (C=O) groups excluding carboxylic acids is 1. The quantitative estimate of drug-likeness (QED) is 0.326. The molecule has 2 aromatic heterocycles. The lowest BCUT2D eigenvalue weighted by atomic mass is 10.0. The molecular formula is C24H16F5N3O5. The predicted octanol–water partition coefficient (Wildman–Crippen LogP) is 5.38. The molecule has 0 aliphatic heterocycles. The Labute approximate surface area is 205 Å². The maximum Gasteiger partial charge on any atom is 0.573 e. The van der Waals surface area contributed by atoms with Gasteiger partial charge in [0.15, 0.2) is 28.9 Å². The molecule has 0 saturated carbocycles. The fourth-order valence-corrected chi connectivity index (χ4v) is 3.56. The number of nitrogens with zero attached hydrogens (tertiary/aromatic N) is 2. The average Bonchev–Trinajstić information content (AvgIpc) is 2.84. The zero-order valence-corrected chi connectivity index (χ0v) is 19.0. The van der Waals surface area contributed by atoms with Gasteiger partial charge in [0, 0.05) is 29.4 Å². The molecule has 0 saturated heterocycles. The fraction of sp³-hybridized carbons (Fsp3) is 0.125. The van der Waals surface area contributed by atoms with Gasteiger partial charge in [-0.1, -0.05) is 0 Å². The number of nitrogens with two attached hydrogens (primary N) is 1. The van der Waals surface area contributed by atoms with Gasteiger partial charge in [-0.05, 0) is 30.3 Å². The number of hydrogen-bond acceptors (Lipinski definition) is 7. The lowest BCUT2D eigenvalue weighted by Crippen LogP contribution is -2.17. The molecule has 2 heterocycles. The van der Waals surface area contributed by atoms with Crippen molar-refractivity contribution in [2.45, 2.75) is 6.36 Å². The standard InChI is InChI=1S/C24H16F5N3O5/c1-34-17-4-6-32-21(20(17)23(30)33)11-7-13(25)22(14(26)8-11)36-16-3-5-31-15-10-19(37-24(27,28)29)18(35-2)9-12(15)16/h3-10H,1-2H3,(H2,30,33). The fourth-order valence-electron chi connectivity index (χ4n) is 3.56. The van der Waals surface area contributed by atoms with Crippen LogP contribution in [0.3, 0.4) is 0 Å². The van der Waals surface area contributed by atoms with Crippen molar-refractivity contribution in [2.75, 3.05) is 14.2 Å². The number of aromatic nitrogens is 2. The monoisotopic (exact) mass is 521 g/mol. The van der Waals surface area contributed by atoms with Crippen LogP contribution in [0.25, 0.3) is 22.2 Å². The van der Waals surface area contributed by atoms with Crippen LogP contribution in [0.15, 0.2) is 48.8 Å². The first kappa shape index (κ1) is 25.4. The van der Waals surface area contributed by atoms with Crippen molar-refractivity contribution < 1.29 is 45.7 Å². The normalized spacial score (nSPS) is 11.3. The topological polar surface area (TPSA) is 106 Å². The van der Waals surface area contributed by atoms with Crippen molar-refractivity contribution in [3.8, 4) is 40.0 Å². The van der Waals surface area contributed by atoms with Crippen molar-refractivity contribution in [1.29, 1.82) is 0 Å². The van der Waals surface area contributed by atoms with Gasteiger partial charge in [0.2, 0.25) is 0 Å². The molecule has 37 heavy (non-hydrogen) atoms. The summed E-state index contributed by atoms with van der Waals surface area (Å²) in [5.41, 5.74) is 4.96. The molecule has 13 heteroatoms. The van der Waals surface area contributed by atoms with Crippen LogP contribution in [0.2, 0.25) is 0 Å². The molecule has 0 unspecified atom stereocenters. The van der Waals surface area contributed by atoms with Crippen LogP contribution in [-0.4, -0.2) is 36.5 Å². The molecule has 4 aromatic rings. The van der Waals surface area contributed by atoms with Gasteiger partial charge < -0.3 is 24.7 Å². The van der Waals surface area contributed by atoms with Crippen LogP contribution in [0.4, 0.5) is 22.0 Å². The average molecular weight is 521 g/mol. The minimum atomic E-state index is -4.99. The first-order valence-corrected chi connectivity index (χ1v) is 10.2. The van der Waals surface area contributed by atoms with Crippen molar-refractivity contribution in [3.63, 3.8) is 0 Å². The number of primary amides is 1. The summed E-state index contributed by atoms with van der Waals surface area (Å²) in [7, 11) is 2.40. The number of alkyl halides is 3. The summed E-state index contributed by atoms with van der Waals surface area (Å²) < 4.78 is 87.8. The van der Waals surface area contributed by atoms with Crippen LogP contribution >= 0.6 is 0 Å². The van der Waals surface area contributed by atoms with Gasteiger partial charge in [0.25, 0.3) is 5.91 Å². The Morgan fingerprint density at radius 2 is 1.49 bits per heavy atom. The van der Waals surface area contributed by atoms with E-state index in [0.717, 1.165) is 31.4 Å². The van der Waals surface area contributed by atoms with E-state index in [1.54, 1.807) is 0 Å². The van der Waals surface area contributed by atoms with Gasteiger partial charge in [-0.2, -0.15) is 0 Å². The first-order chi connectivity index (χ1) is 17.5. The number of halogens is 5. The molecule has 0 spiro atoms. The van der Waals surface area contributed by atoms with Gasteiger partial charge in [-0.3, -0.25) is 14.8 Å². The number of hydrogen-bond donors (Lipinski definition) is 1. The SMILES string of the molecule is COc1cc2c(Oc3c(F)cc(-c4nccc(OC)c4C(N)=O)cc3F)ccnc2cc1OC(F)(F)F. The van der Waals surface area contributed by atoms with Crippen molar-refractivity contribution >= 4 is 16.8 Å². The second-order valence-corrected chi connectivity index (χ2v) is 7.35. The highest BCUT2D eigenvalue weighted by atomic mass is 19.4. The Morgan fingerprint density at radius 3 is 2.08 bits per heavy atom. The van der Waals surface area contributed by atoms with Crippen molar-refractivity contribution in [3.05, 3.63) is 66.0 Å². The second-order valence-electron chi connectivity index (χ2n) is 7.35. The van der Waals surface area contributed by atoms with E-state index in [-0.39, 0.29) is 45.0 Å². The Hall–Kier alpha value is -4.68. The summed E-state index contributed by atoms with van der Waals surface area (Å²) >= 11 is 0. The van der Waals surface area contributed by atoms with E-state index in [4.69, 9.17) is 19.9 Å². The molecule has 0 fully saturated rings. The minimum absolute atomic E-state index is 0.0262. The van der Waals surface area contributed by atoms with E-state index in [1.165, 1.54) is 31.6 Å². The molecular weight excluding hydrogens is 505 g/mol. The highest BCUT2D eigenvalue weighted by molar-refractivity contribution is 6.01. The molecule has 8 nitrogen and oxygen atoms in total. The molecule has 1 amide bonds. The predicted molar refractivity (Wildman–Crippen MR) is 120 cm³/mol. The lowest BCUT2D eigenvalue weighted by molar-refractivity contribution is -0.275. The smallest absolute Gasteiger partial charge is 0.496 e. The third kappa shape index (κ3) is 5.15. The van der Waals surface area contributed by atoms with E-state index in [9.17, 15) is 18.0 Å². The number of rotatable bonds is 7. The molecule has 4 rings (SSSR count). The van der Waals surface area contributed by atoms with Gasteiger partial charge in [0.1, 0.15) is 17.1 Å². The first-order valence-electron chi connectivity index (χ1n) is 10.2. The minimum Gasteiger partial charge on any atom is -0.496 e. The Balaban J connectivity index is 1.77. The number of pyridine rings is 2. The lowest BCUT2D eigenvalue weighted by Gasteiger charge is -2.16. The highest BCUT2D eigenvalue weighted by Crippen LogP contribution is 2.40. The van der Waals surface area contributed by atoms with Crippen molar-refractivity contribution in [2.24, 2.45) is 5.73 Å². The number of amides is 1. The van der Waals surface area contributed by atoms with Gasteiger partial charge in [0.05, 0.1) is 25.4 Å². The number of methoxy groups -OCH3 is 2. The third-order valence-corrected chi connectivity index (χ3v) is 5.08. The van der Waals surface area contributed by atoms with Crippen LogP contribution in [-0.2, 0) is 0 Å². The summed E-state index contributed by atoms with van der Waals surface area (Å²) in [5, 5.41) is 0.0854. The number of ether oxygens (including phenoxy) is 4. The molecule has 0 radical (unpaired) electrons. The maximum atomic E-state index is 15.1. The Kier molecular flexibility index (Phi) is 6.70. The summed E-state index contributed by atoms with van der Waals surface area (Å²) in [4.78, 5) is 19.9. The summed E-state index contributed by atoms with van der Waals surface area (Å²) in [6, 6.07) is 6.46. The maximum absolute atomic E-state index is 15.1. The van der Waals surface area contributed by atoms with E-state index in [0.29, 0.717) is 0 Å². The van der Waals surface area contributed by atoms with E-state index >= 15 is 8.78 Å². The second kappa shape index (κ2) is 9.76. The zero-order chi connectivity index (χ0) is 26.9. The van der Waals surface area contributed by atoms with E-state index in [2.05, 4.69) is 14.7 Å². The molecule has 0 aliphatic carbocycles. The number of carbonyl (C=O) groups is 1. The summed E-state index contributed by atoms with van der Waals surface area (Å²) in [6.07, 6.45) is -2.55. The molecule has 192 valence electrons. The van der Waals surface area contributed by atoms with Gasteiger partial charge in [-0.25, -0.2) is 8.78 Å². The van der Waals surface area contributed by atoms with Crippen LogP contribution in [0.1, 0.15) is 10.4 Å². The summed E-state index contributed by atoms with van der Waals surface area (Å²) in [5.74, 6) is -5.13. The Bertz CT molecular complexity index is 1490. The highest BCUT2D eigenvalue weighted by Gasteiger charge is 2.33. The largest absolute Gasteiger partial charge is 0.573 e. The zero-order valence-electron chi connectivity index (χ0n) is 19.0. The number of benzene rings is 2.